The van der Waals surface area contributed by atoms with E-state index in [1.807, 2.05) is 30.3 Å². The minimum absolute atomic E-state index is 0.395. The van der Waals surface area contributed by atoms with Crippen molar-refractivity contribution in [2.24, 2.45) is 0 Å². The smallest absolute Gasteiger partial charge is 0.481 e. The number of aliphatic carboxylic acids is 1. The van der Waals surface area contributed by atoms with Gasteiger partial charge in [0.2, 0.25) is 5.66 Å². The van der Waals surface area contributed by atoms with Gasteiger partial charge in [-0.05, 0) is 35.0 Å². The molecule has 3 unspecified atom stereocenters. The zero-order valence-electron chi connectivity index (χ0n) is 12.7. The van der Waals surface area contributed by atoms with Crippen LogP contribution < -0.4 is 0 Å². The highest BCUT2D eigenvalue weighted by Crippen LogP contribution is 2.38. The predicted octanol–water partition coefficient (Wildman–Crippen LogP) is 3.98. The van der Waals surface area contributed by atoms with Crippen LogP contribution in [0.2, 0.25) is 0 Å². The molecule has 0 bridgehead atoms. The van der Waals surface area contributed by atoms with Crippen LogP contribution in [0, 0.1) is 0 Å². The van der Waals surface area contributed by atoms with Crippen LogP contribution in [0.3, 0.4) is 0 Å². The highest BCUT2D eigenvalue weighted by atomic mass is 31.1. The van der Waals surface area contributed by atoms with Gasteiger partial charge in [0.1, 0.15) is 5.92 Å². The molecule has 0 aliphatic heterocycles. The summed E-state index contributed by atoms with van der Waals surface area (Å²) in [6.45, 7) is 0. The van der Waals surface area contributed by atoms with Crippen molar-refractivity contribution < 1.29 is 19.4 Å². The third-order valence-electron chi connectivity index (χ3n) is 3.90. The molecule has 0 saturated heterocycles. The fourth-order valence-electron chi connectivity index (χ4n) is 2.75. The second-order valence-corrected chi connectivity index (χ2v) is 6.74. The number of aryl methyl sites for hydroxylation is 1. The molecule has 0 fully saturated rings. The molecule has 0 aromatic heterocycles. The molecule has 2 aromatic carbocycles. The average molecular weight is 331 g/mol. The number of hydrogen-bond acceptors (Lipinski definition) is 2. The maximum atomic E-state index is 11.7. The number of hydrogen-bond donors (Lipinski definition) is 2. The second-order valence-electron chi connectivity index (χ2n) is 5.47. The van der Waals surface area contributed by atoms with Crippen molar-refractivity contribution in [3.8, 4) is 0 Å². The molecule has 0 heterocycles. The third kappa shape index (κ3) is 4.98. The van der Waals surface area contributed by atoms with Crippen LogP contribution in [0.25, 0.3) is 0 Å². The van der Waals surface area contributed by atoms with Crippen LogP contribution in [0.4, 0.5) is 0 Å². The topological polar surface area (TPSA) is 74.6 Å². The zero-order valence-corrected chi connectivity index (χ0v) is 13.6. The van der Waals surface area contributed by atoms with E-state index in [4.69, 9.17) is 0 Å². The molecule has 120 valence electrons. The van der Waals surface area contributed by atoms with Gasteiger partial charge in [0, 0.05) is 0 Å². The van der Waals surface area contributed by atoms with Crippen LogP contribution in [0.15, 0.2) is 60.7 Å². The first-order valence-corrected chi connectivity index (χ1v) is 8.84. The Morgan fingerprint density at radius 3 is 2.09 bits per heavy atom. The lowest BCUT2D eigenvalue weighted by atomic mass is 9.92. The van der Waals surface area contributed by atoms with Crippen molar-refractivity contribution in [3.63, 3.8) is 0 Å². The summed E-state index contributed by atoms with van der Waals surface area (Å²) in [5.41, 5.74) is 0.932. The van der Waals surface area contributed by atoms with Crippen LogP contribution >= 0.6 is 8.03 Å². The van der Waals surface area contributed by atoms with E-state index in [1.165, 1.54) is 0 Å². The van der Waals surface area contributed by atoms with Gasteiger partial charge in [-0.15, -0.1) is 0 Å². The van der Waals surface area contributed by atoms with E-state index in [2.05, 4.69) is 0 Å². The Morgan fingerprint density at radius 2 is 1.57 bits per heavy atom. The summed E-state index contributed by atoms with van der Waals surface area (Å²) in [5, 5.41) is 9.52. The summed E-state index contributed by atoms with van der Waals surface area (Å²) < 4.78 is 11.7. The van der Waals surface area contributed by atoms with Crippen molar-refractivity contribution in [2.75, 3.05) is 0 Å². The molecular formula is C18H20O4P+. The zero-order chi connectivity index (χ0) is 16.7. The SMILES string of the molecule is O=C(O)C(c1ccccc1)C(CCCc1ccccc1)[P+](=O)O. The lowest BCUT2D eigenvalue weighted by molar-refractivity contribution is -0.138. The monoisotopic (exact) mass is 331 g/mol. The van der Waals surface area contributed by atoms with E-state index in [-0.39, 0.29) is 0 Å². The van der Waals surface area contributed by atoms with Crippen molar-refractivity contribution in [3.05, 3.63) is 71.8 Å². The molecule has 2 rings (SSSR count). The maximum absolute atomic E-state index is 11.7. The largest absolute Gasteiger partial charge is 0.509 e. The molecule has 0 amide bonds. The molecule has 5 heteroatoms. The van der Waals surface area contributed by atoms with E-state index in [0.717, 1.165) is 12.0 Å². The van der Waals surface area contributed by atoms with Crippen LogP contribution in [-0.4, -0.2) is 21.6 Å². The first-order chi connectivity index (χ1) is 11.1. The summed E-state index contributed by atoms with van der Waals surface area (Å²) in [6.07, 6.45) is 1.83. The summed E-state index contributed by atoms with van der Waals surface area (Å²) in [5.74, 6) is -2.01. The van der Waals surface area contributed by atoms with Crippen molar-refractivity contribution in [1.29, 1.82) is 0 Å². The Balaban J connectivity index is 2.09. The average Bonchev–Trinajstić information content (AvgIpc) is 2.55. The number of carboxylic acids is 1. The molecule has 23 heavy (non-hydrogen) atoms. The van der Waals surface area contributed by atoms with Gasteiger partial charge in [-0.3, -0.25) is 4.79 Å². The van der Waals surface area contributed by atoms with Gasteiger partial charge in [0.15, 0.2) is 0 Å². The minimum atomic E-state index is -2.57. The van der Waals surface area contributed by atoms with Crippen LogP contribution in [0.1, 0.15) is 29.9 Å². The van der Waals surface area contributed by atoms with Gasteiger partial charge in [-0.25, -0.2) is 0 Å². The fraction of sp³-hybridized carbons (Fsp3) is 0.278. The number of rotatable bonds is 8. The van der Waals surface area contributed by atoms with E-state index in [0.29, 0.717) is 18.4 Å². The molecule has 0 spiro atoms. The molecule has 3 atom stereocenters. The fourth-order valence-corrected chi connectivity index (χ4v) is 3.71. The highest BCUT2D eigenvalue weighted by Gasteiger charge is 2.42. The minimum Gasteiger partial charge on any atom is -0.481 e. The van der Waals surface area contributed by atoms with Crippen LogP contribution in [-0.2, 0) is 15.8 Å². The van der Waals surface area contributed by atoms with Gasteiger partial charge in [-0.2, -0.15) is 4.89 Å². The number of carboxylic acid groups (broad SMARTS) is 1. The van der Waals surface area contributed by atoms with Gasteiger partial charge < -0.3 is 5.11 Å². The molecular weight excluding hydrogens is 311 g/mol. The Kier molecular flexibility index (Phi) is 6.45. The third-order valence-corrected chi connectivity index (χ3v) is 5.03. The quantitative estimate of drug-likeness (QED) is 0.718. The number of carbonyl (C=O) groups is 1. The Hall–Kier alpha value is -2.03. The Labute approximate surface area is 136 Å². The maximum Gasteiger partial charge on any atom is 0.509 e. The molecule has 0 saturated carbocycles. The Morgan fingerprint density at radius 1 is 1.00 bits per heavy atom. The first-order valence-electron chi connectivity index (χ1n) is 7.56. The van der Waals surface area contributed by atoms with E-state index < -0.39 is 25.6 Å². The molecule has 0 aliphatic carbocycles. The summed E-state index contributed by atoms with van der Waals surface area (Å²) in [4.78, 5) is 21.3. The van der Waals surface area contributed by atoms with Crippen molar-refractivity contribution in [2.45, 2.75) is 30.8 Å². The summed E-state index contributed by atoms with van der Waals surface area (Å²) in [6, 6.07) is 18.5. The van der Waals surface area contributed by atoms with E-state index in [1.54, 1.807) is 30.3 Å². The molecule has 4 nitrogen and oxygen atoms in total. The first kappa shape index (κ1) is 17.3. The van der Waals surface area contributed by atoms with Crippen molar-refractivity contribution in [1.82, 2.24) is 0 Å². The summed E-state index contributed by atoms with van der Waals surface area (Å²) >= 11 is 0. The molecule has 2 N–H and O–H groups in total. The molecule has 0 radical (unpaired) electrons. The lowest BCUT2D eigenvalue weighted by Gasteiger charge is -2.15. The Bertz CT molecular complexity index is 643. The lowest BCUT2D eigenvalue weighted by Crippen LogP contribution is -2.24. The van der Waals surface area contributed by atoms with Gasteiger partial charge in [0.25, 0.3) is 0 Å². The van der Waals surface area contributed by atoms with E-state index >= 15 is 0 Å². The summed E-state index contributed by atoms with van der Waals surface area (Å²) in [7, 11) is -2.57. The molecule has 0 aliphatic rings. The van der Waals surface area contributed by atoms with E-state index in [9.17, 15) is 19.4 Å². The molecule has 2 aromatic rings. The second kappa shape index (κ2) is 8.56. The van der Waals surface area contributed by atoms with Gasteiger partial charge >= 0.3 is 14.0 Å². The van der Waals surface area contributed by atoms with Gasteiger partial charge in [0.05, 0.1) is 0 Å². The van der Waals surface area contributed by atoms with Crippen LogP contribution in [0.5, 0.6) is 0 Å². The van der Waals surface area contributed by atoms with Gasteiger partial charge in [-0.1, -0.05) is 60.7 Å². The predicted molar refractivity (Wildman–Crippen MR) is 89.8 cm³/mol. The van der Waals surface area contributed by atoms with Crippen molar-refractivity contribution >= 4 is 14.0 Å². The normalized spacial score (nSPS) is 14.0. The highest BCUT2D eigenvalue weighted by molar-refractivity contribution is 7.39. The standard InChI is InChI=1S/C18H19O4P/c19-18(20)17(15-11-5-2-6-12-15)16(23(21)22)13-7-10-14-8-3-1-4-9-14/h1-6,8-9,11-12,16-17H,7,10,13H2,(H-,19,20,21,22)/p+1. The number of benzene rings is 2.